The number of H-pyrrole nitrogens is 1. The van der Waals surface area contributed by atoms with E-state index in [0.717, 1.165) is 10.9 Å². The van der Waals surface area contributed by atoms with Crippen molar-refractivity contribution in [2.45, 2.75) is 12.5 Å². The first kappa shape index (κ1) is 9.67. The number of aromatic amines is 1. The fraction of sp³-hybridized carbons (Fsp3) is 0.200. The van der Waals surface area contributed by atoms with Crippen LogP contribution in [0.4, 0.5) is 0 Å². The van der Waals surface area contributed by atoms with Crippen molar-refractivity contribution >= 4 is 17.0 Å². The number of carboxylic acid groups (broad SMARTS) is 1. The molecule has 0 aromatic carbocycles. The number of hydrogen-bond donors (Lipinski definition) is 3. The van der Waals surface area contributed by atoms with Gasteiger partial charge < -0.3 is 15.2 Å². The van der Waals surface area contributed by atoms with Crippen LogP contribution in [0.3, 0.4) is 0 Å². The maximum absolute atomic E-state index is 10.5. The number of carbonyl (C=O) groups is 1. The molecule has 0 unspecified atom stereocenters. The Bertz CT molecular complexity index is 492. The third-order valence-electron chi connectivity index (χ3n) is 2.24. The molecule has 2 rings (SSSR count). The summed E-state index contributed by atoms with van der Waals surface area (Å²) in [5, 5.41) is 18.6. The number of nitrogens with zero attached hydrogens (tertiary/aromatic N) is 1. The standard InChI is InChI=1S/C10H10N2O3/c13-8(10(14)15)4-6-5-12-9-7(6)2-1-3-11-9/h1-3,5,8,13H,4H2,(H,11,12)(H,14,15)/t8-/m0/s1. The molecule has 0 aliphatic heterocycles. The molecule has 0 radical (unpaired) electrons. The summed E-state index contributed by atoms with van der Waals surface area (Å²) in [6.45, 7) is 0. The number of aliphatic carboxylic acids is 1. The summed E-state index contributed by atoms with van der Waals surface area (Å²) in [4.78, 5) is 17.5. The minimum Gasteiger partial charge on any atom is -0.479 e. The van der Waals surface area contributed by atoms with E-state index in [9.17, 15) is 9.90 Å². The lowest BCUT2D eigenvalue weighted by molar-refractivity contribution is -0.146. The minimum absolute atomic E-state index is 0.0844. The summed E-state index contributed by atoms with van der Waals surface area (Å²) in [6, 6.07) is 3.61. The van der Waals surface area contributed by atoms with Gasteiger partial charge >= 0.3 is 5.97 Å². The first-order valence-corrected chi connectivity index (χ1v) is 4.50. The predicted molar refractivity (Wildman–Crippen MR) is 53.4 cm³/mol. The zero-order valence-electron chi connectivity index (χ0n) is 7.84. The predicted octanol–water partition coefficient (Wildman–Crippen LogP) is 0.551. The summed E-state index contributed by atoms with van der Waals surface area (Å²) in [6.07, 6.45) is 2.03. The summed E-state index contributed by atoms with van der Waals surface area (Å²) in [5.74, 6) is -1.21. The molecule has 5 nitrogen and oxygen atoms in total. The van der Waals surface area contributed by atoms with E-state index < -0.39 is 12.1 Å². The van der Waals surface area contributed by atoms with E-state index in [1.54, 1.807) is 18.5 Å². The molecule has 15 heavy (non-hydrogen) atoms. The molecule has 0 fully saturated rings. The van der Waals surface area contributed by atoms with Gasteiger partial charge in [-0.3, -0.25) is 0 Å². The number of aromatic nitrogens is 2. The van der Waals surface area contributed by atoms with E-state index in [-0.39, 0.29) is 6.42 Å². The minimum atomic E-state index is -1.37. The summed E-state index contributed by atoms with van der Waals surface area (Å²) < 4.78 is 0. The molecule has 2 heterocycles. The molecule has 0 saturated heterocycles. The van der Waals surface area contributed by atoms with Gasteiger partial charge in [-0.05, 0) is 17.7 Å². The van der Waals surface area contributed by atoms with Gasteiger partial charge in [0, 0.05) is 24.2 Å². The van der Waals surface area contributed by atoms with Crippen molar-refractivity contribution in [3.63, 3.8) is 0 Å². The summed E-state index contributed by atoms with van der Waals surface area (Å²) in [7, 11) is 0. The van der Waals surface area contributed by atoms with Crippen LogP contribution in [0.5, 0.6) is 0 Å². The van der Waals surface area contributed by atoms with Crippen LogP contribution in [0.15, 0.2) is 24.5 Å². The van der Waals surface area contributed by atoms with Crippen LogP contribution >= 0.6 is 0 Å². The van der Waals surface area contributed by atoms with Crippen molar-refractivity contribution in [2.24, 2.45) is 0 Å². The fourth-order valence-electron chi connectivity index (χ4n) is 1.48. The lowest BCUT2D eigenvalue weighted by atomic mass is 10.1. The second-order valence-corrected chi connectivity index (χ2v) is 3.27. The molecule has 1 atom stereocenters. The molecule has 3 N–H and O–H groups in total. The van der Waals surface area contributed by atoms with Gasteiger partial charge in [-0.2, -0.15) is 0 Å². The molecular formula is C10H10N2O3. The number of aliphatic hydroxyl groups is 1. The quantitative estimate of drug-likeness (QED) is 0.684. The summed E-state index contributed by atoms with van der Waals surface area (Å²) in [5.41, 5.74) is 1.46. The number of pyridine rings is 1. The Morgan fingerprint density at radius 2 is 2.40 bits per heavy atom. The molecule has 2 aromatic heterocycles. The first-order valence-electron chi connectivity index (χ1n) is 4.50. The third kappa shape index (κ3) is 1.82. The average molecular weight is 206 g/mol. The Hall–Kier alpha value is -1.88. The fourth-order valence-corrected chi connectivity index (χ4v) is 1.48. The first-order chi connectivity index (χ1) is 7.18. The van der Waals surface area contributed by atoms with Gasteiger partial charge in [0.15, 0.2) is 6.10 Å². The van der Waals surface area contributed by atoms with Gasteiger partial charge in [-0.15, -0.1) is 0 Å². The molecule has 2 aromatic rings. The third-order valence-corrected chi connectivity index (χ3v) is 2.24. The van der Waals surface area contributed by atoms with Crippen LogP contribution in [-0.4, -0.2) is 32.3 Å². The maximum Gasteiger partial charge on any atom is 0.332 e. The second kappa shape index (κ2) is 3.70. The monoisotopic (exact) mass is 206 g/mol. The van der Waals surface area contributed by atoms with Gasteiger partial charge in [-0.1, -0.05) is 0 Å². The Kier molecular flexibility index (Phi) is 2.39. The van der Waals surface area contributed by atoms with E-state index >= 15 is 0 Å². The molecule has 0 bridgehead atoms. The number of fused-ring (bicyclic) bond motifs is 1. The molecular weight excluding hydrogens is 196 g/mol. The van der Waals surface area contributed by atoms with Gasteiger partial charge in [0.2, 0.25) is 0 Å². The van der Waals surface area contributed by atoms with Crippen molar-refractivity contribution in [1.82, 2.24) is 9.97 Å². The van der Waals surface area contributed by atoms with Crippen LogP contribution < -0.4 is 0 Å². The van der Waals surface area contributed by atoms with Gasteiger partial charge in [-0.25, -0.2) is 9.78 Å². The Labute approximate surface area is 85.4 Å². The normalized spacial score (nSPS) is 12.9. The second-order valence-electron chi connectivity index (χ2n) is 3.27. The van der Waals surface area contributed by atoms with Crippen LogP contribution in [-0.2, 0) is 11.2 Å². The molecule has 0 aliphatic carbocycles. The highest BCUT2D eigenvalue weighted by molar-refractivity contribution is 5.81. The van der Waals surface area contributed by atoms with E-state index in [0.29, 0.717) is 5.65 Å². The zero-order chi connectivity index (χ0) is 10.8. The van der Waals surface area contributed by atoms with Crippen molar-refractivity contribution in [1.29, 1.82) is 0 Å². The number of carboxylic acids is 1. The highest BCUT2D eigenvalue weighted by atomic mass is 16.4. The van der Waals surface area contributed by atoms with E-state index in [2.05, 4.69) is 9.97 Å². The Morgan fingerprint density at radius 3 is 3.13 bits per heavy atom. The Morgan fingerprint density at radius 1 is 1.60 bits per heavy atom. The van der Waals surface area contributed by atoms with Crippen molar-refractivity contribution in [2.75, 3.05) is 0 Å². The van der Waals surface area contributed by atoms with Crippen LogP contribution in [0.1, 0.15) is 5.56 Å². The summed E-state index contributed by atoms with van der Waals surface area (Å²) >= 11 is 0. The lowest BCUT2D eigenvalue weighted by Gasteiger charge is -2.03. The van der Waals surface area contributed by atoms with E-state index in [1.165, 1.54) is 0 Å². The smallest absolute Gasteiger partial charge is 0.332 e. The van der Waals surface area contributed by atoms with Crippen LogP contribution in [0.25, 0.3) is 11.0 Å². The Balaban J connectivity index is 2.32. The van der Waals surface area contributed by atoms with Crippen LogP contribution in [0.2, 0.25) is 0 Å². The molecule has 0 aliphatic rings. The van der Waals surface area contributed by atoms with E-state index in [1.807, 2.05) is 6.07 Å². The van der Waals surface area contributed by atoms with Gasteiger partial charge in [0.25, 0.3) is 0 Å². The van der Waals surface area contributed by atoms with Crippen molar-refractivity contribution in [3.8, 4) is 0 Å². The van der Waals surface area contributed by atoms with Gasteiger partial charge in [0.05, 0.1) is 0 Å². The highest BCUT2D eigenvalue weighted by Gasteiger charge is 2.16. The number of nitrogens with one attached hydrogen (secondary N) is 1. The number of rotatable bonds is 3. The van der Waals surface area contributed by atoms with Gasteiger partial charge in [0.1, 0.15) is 5.65 Å². The molecule has 5 heteroatoms. The molecule has 0 amide bonds. The topological polar surface area (TPSA) is 86.2 Å². The maximum atomic E-state index is 10.5. The van der Waals surface area contributed by atoms with Crippen molar-refractivity contribution in [3.05, 3.63) is 30.1 Å². The largest absolute Gasteiger partial charge is 0.479 e. The molecule has 0 spiro atoms. The lowest BCUT2D eigenvalue weighted by Crippen LogP contribution is -2.21. The highest BCUT2D eigenvalue weighted by Crippen LogP contribution is 2.17. The number of aliphatic hydroxyl groups excluding tert-OH is 1. The molecule has 78 valence electrons. The SMILES string of the molecule is O=C(O)[C@@H](O)Cc1c[nH]c2ncccc12. The number of hydrogen-bond acceptors (Lipinski definition) is 3. The zero-order valence-corrected chi connectivity index (χ0v) is 7.84. The van der Waals surface area contributed by atoms with Crippen molar-refractivity contribution < 1.29 is 15.0 Å². The van der Waals surface area contributed by atoms with Crippen LogP contribution in [0, 0.1) is 0 Å². The average Bonchev–Trinajstić information content (AvgIpc) is 2.62. The van der Waals surface area contributed by atoms with E-state index in [4.69, 9.17) is 5.11 Å². The molecule has 0 saturated carbocycles.